The number of fused-ring (bicyclic) bond motifs is 1. The van der Waals surface area contributed by atoms with Gasteiger partial charge in [-0.1, -0.05) is 17.3 Å². The molecule has 0 saturated carbocycles. The zero-order chi connectivity index (χ0) is 24.5. The van der Waals surface area contributed by atoms with Crippen LogP contribution in [0.1, 0.15) is 16.8 Å². The van der Waals surface area contributed by atoms with Crippen molar-refractivity contribution in [2.45, 2.75) is 26.9 Å². The van der Waals surface area contributed by atoms with Gasteiger partial charge in [-0.15, -0.1) is 0 Å². The second-order valence-electron chi connectivity index (χ2n) is 8.13. The van der Waals surface area contributed by atoms with E-state index < -0.39 is 5.56 Å². The van der Waals surface area contributed by atoms with Crippen molar-refractivity contribution in [3.63, 3.8) is 0 Å². The van der Waals surface area contributed by atoms with Gasteiger partial charge in [0.15, 0.2) is 11.5 Å². The van der Waals surface area contributed by atoms with Gasteiger partial charge in [0.1, 0.15) is 17.9 Å². The number of carbonyl (C=O) groups is 1. The number of hydrogen-bond acceptors (Lipinski definition) is 7. The number of nitrogens with one attached hydrogen (secondary N) is 1. The molecule has 0 saturated heterocycles. The predicted octanol–water partition coefficient (Wildman–Crippen LogP) is 3.37. The third-order valence-electron chi connectivity index (χ3n) is 5.68. The first kappa shape index (κ1) is 22.3. The summed E-state index contributed by atoms with van der Waals surface area (Å²) >= 11 is 0. The molecule has 1 amide bonds. The van der Waals surface area contributed by atoms with E-state index in [1.807, 2.05) is 0 Å². The van der Waals surface area contributed by atoms with E-state index in [9.17, 15) is 14.0 Å². The number of ether oxygens (including phenoxy) is 2. The normalized spacial score (nSPS) is 12.1. The highest BCUT2D eigenvalue weighted by Crippen LogP contribution is 2.35. The molecule has 3 heterocycles. The SMILES string of the molecule is Cc1cc(C)n(CC(=O)NCc2ccc(F)cc2)c(=O)c1-c1nc(-c2ccc3c(c2)OCO3)no1. The Morgan fingerprint density at radius 2 is 1.86 bits per heavy atom. The number of halogens is 1. The number of carbonyl (C=O) groups excluding carboxylic acids is 1. The molecule has 178 valence electrons. The molecule has 4 aromatic rings. The number of hydrogen-bond donors (Lipinski definition) is 1. The van der Waals surface area contributed by atoms with Crippen molar-refractivity contribution >= 4 is 5.91 Å². The predicted molar refractivity (Wildman–Crippen MR) is 123 cm³/mol. The van der Waals surface area contributed by atoms with Gasteiger partial charge in [-0.2, -0.15) is 4.98 Å². The first-order chi connectivity index (χ1) is 16.9. The topological polar surface area (TPSA) is 108 Å². The summed E-state index contributed by atoms with van der Waals surface area (Å²) in [6.45, 7) is 3.69. The molecular formula is C25H21FN4O5. The third-order valence-corrected chi connectivity index (χ3v) is 5.68. The minimum Gasteiger partial charge on any atom is -0.454 e. The summed E-state index contributed by atoms with van der Waals surface area (Å²) in [6, 6.07) is 12.9. The summed E-state index contributed by atoms with van der Waals surface area (Å²) in [5.74, 6) is 0.849. The van der Waals surface area contributed by atoms with Gasteiger partial charge in [-0.25, -0.2) is 4.39 Å². The Bertz CT molecular complexity index is 1480. The van der Waals surface area contributed by atoms with Crippen LogP contribution in [0.25, 0.3) is 22.8 Å². The van der Waals surface area contributed by atoms with Gasteiger partial charge in [-0.05, 0) is 61.4 Å². The molecule has 0 fully saturated rings. The van der Waals surface area contributed by atoms with E-state index in [1.54, 1.807) is 50.2 Å². The monoisotopic (exact) mass is 476 g/mol. The highest BCUT2D eigenvalue weighted by Gasteiger charge is 2.21. The van der Waals surface area contributed by atoms with Crippen LogP contribution in [0.3, 0.4) is 0 Å². The summed E-state index contributed by atoms with van der Waals surface area (Å²) in [6.07, 6.45) is 0. The Morgan fingerprint density at radius 3 is 2.66 bits per heavy atom. The number of aromatic nitrogens is 3. The van der Waals surface area contributed by atoms with Crippen molar-refractivity contribution < 1.29 is 23.2 Å². The van der Waals surface area contributed by atoms with E-state index in [1.165, 1.54) is 16.7 Å². The molecule has 2 aromatic heterocycles. The molecule has 9 nitrogen and oxygen atoms in total. The lowest BCUT2D eigenvalue weighted by atomic mass is 10.1. The molecule has 0 unspecified atom stereocenters. The highest BCUT2D eigenvalue weighted by atomic mass is 19.1. The van der Waals surface area contributed by atoms with Crippen molar-refractivity contribution in [1.29, 1.82) is 0 Å². The summed E-state index contributed by atoms with van der Waals surface area (Å²) in [7, 11) is 0. The van der Waals surface area contributed by atoms with Crippen molar-refractivity contribution in [3.05, 3.63) is 81.5 Å². The van der Waals surface area contributed by atoms with E-state index >= 15 is 0 Å². The Labute approximate surface area is 199 Å². The van der Waals surface area contributed by atoms with Crippen LogP contribution in [0.4, 0.5) is 4.39 Å². The van der Waals surface area contributed by atoms with Gasteiger partial charge in [0.25, 0.3) is 11.4 Å². The fourth-order valence-electron chi connectivity index (χ4n) is 3.86. The van der Waals surface area contributed by atoms with E-state index in [2.05, 4.69) is 15.5 Å². The second kappa shape index (κ2) is 9.05. The van der Waals surface area contributed by atoms with E-state index in [4.69, 9.17) is 14.0 Å². The van der Waals surface area contributed by atoms with Gasteiger partial charge in [0, 0.05) is 17.8 Å². The Balaban J connectivity index is 1.38. The van der Waals surface area contributed by atoms with Crippen LogP contribution in [0.5, 0.6) is 11.5 Å². The zero-order valence-corrected chi connectivity index (χ0v) is 19.0. The van der Waals surface area contributed by atoms with Crippen molar-refractivity contribution in [1.82, 2.24) is 20.0 Å². The van der Waals surface area contributed by atoms with E-state index in [-0.39, 0.29) is 43.1 Å². The standard InChI is InChI=1S/C25H21FN4O5/c1-14-9-15(2)30(12-21(31)27-11-16-3-6-18(26)7-4-16)25(32)22(14)24-28-23(29-35-24)17-5-8-19-20(10-17)34-13-33-19/h3-10H,11-13H2,1-2H3,(H,27,31). The number of amides is 1. The van der Waals surface area contributed by atoms with Crippen LogP contribution < -0.4 is 20.3 Å². The van der Waals surface area contributed by atoms with Crippen LogP contribution in [0.15, 0.2) is 57.8 Å². The molecule has 10 heteroatoms. The molecule has 35 heavy (non-hydrogen) atoms. The first-order valence-electron chi connectivity index (χ1n) is 10.9. The number of nitrogens with zero attached hydrogens (tertiary/aromatic N) is 3. The molecule has 1 N–H and O–H groups in total. The molecule has 0 spiro atoms. The average Bonchev–Trinajstić information content (AvgIpc) is 3.50. The smallest absolute Gasteiger partial charge is 0.264 e. The quantitative estimate of drug-likeness (QED) is 0.455. The lowest BCUT2D eigenvalue weighted by Crippen LogP contribution is -2.34. The minimum absolute atomic E-state index is 0.0561. The van der Waals surface area contributed by atoms with Crippen LogP contribution in [-0.2, 0) is 17.9 Å². The van der Waals surface area contributed by atoms with Crippen LogP contribution in [0.2, 0.25) is 0 Å². The van der Waals surface area contributed by atoms with Gasteiger partial charge < -0.3 is 23.9 Å². The molecule has 0 bridgehead atoms. The van der Waals surface area contributed by atoms with Crippen LogP contribution in [-0.4, -0.2) is 27.4 Å². The highest BCUT2D eigenvalue weighted by molar-refractivity contribution is 5.76. The van der Waals surface area contributed by atoms with Crippen LogP contribution >= 0.6 is 0 Å². The second-order valence-corrected chi connectivity index (χ2v) is 8.13. The van der Waals surface area contributed by atoms with Crippen molar-refractivity contribution in [3.8, 4) is 34.3 Å². The fraction of sp³-hybridized carbons (Fsp3) is 0.200. The molecule has 5 rings (SSSR count). The number of benzene rings is 2. The van der Waals surface area contributed by atoms with E-state index in [0.29, 0.717) is 34.1 Å². The number of pyridine rings is 1. The minimum atomic E-state index is -0.416. The van der Waals surface area contributed by atoms with Gasteiger partial charge in [-0.3, -0.25) is 9.59 Å². The lowest BCUT2D eigenvalue weighted by Gasteiger charge is -2.13. The van der Waals surface area contributed by atoms with Crippen LogP contribution in [0, 0.1) is 19.7 Å². The van der Waals surface area contributed by atoms with Gasteiger partial charge in [0.2, 0.25) is 18.5 Å². The molecule has 2 aromatic carbocycles. The van der Waals surface area contributed by atoms with Crippen molar-refractivity contribution in [2.24, 2.45) is 0 Å². The molecule has 1 aliphatic rings. The molecule has 1 aliphatic heterocycles. The maximum Gasteiger partial charge on any atom is 0.264 e. The molecular weight excluding hydrogens is 455 g/mol. The third kappa shape index (κ3) is 4.50. The van der Waals surface area contributed by atoms with E-state index in [0.717, 1.165) is 5.56 Å². The van der Waals surface area contributed by atoms with Gasteiger partial charge in [0.05, 0.1) is 0 Å². The maximum absolute atomic E-state index is 13.3. The van der Waals surface area contributed by atoms with Crippen molar-refractivity contribution in [2.75, 3.05) is 6.79 Å². The zero-order valence-electron chi connectivity index (χ0n) is 19.0. The first-order valence-corrected chi connectivity index (χ1v) is 10.9. The molecule has 0 radical (unpaired) electrons. The fourth-order valence-corrected chi connectivity index (χ4v) is 3.86. The molecule has 0 atom stereocenters. The maximum atomic E-state index is 13.3. The summed E-state index contributed by atoms with van der Waals surface area (Å²) in [4.78, 5) is 30.3. The Hall–Kier alpha value is -4.47. The lowest BCUT2D eigenvalue weighted by molar-refractivity contribution is -0.121. The number of rotatable bonds is 6. The summed E-state index contributed by atoms with van der Waals surface area (Å²) < 4.78 is 30.6. The largest absolute Gasteiger partial charge is 0.454 e. The Morgan fingerprint density at radius 1 is 1.09 bits per heavy atom. The Kier molecular flexibility index (Phi) is 5.77. The summed E-state index contributed by atoms with van der Waals surface area (Å²) in [5.41, 5.74) is 2.46. The average molecular weight is 476 g/mol. The molecule has 0 aliphatic carbocycles. The number of aryl methyl sites for hydroxylation is 2. The summed E-state index contributed by atoms with van der Waals surface area (Å²) in [5, 5.41) is 6.76. The van der Waals surface area contributed by atoms with Gasteiger partial charge >= 0.3 is 0 Å².